The molecule has 21 heavy (non-hydrogen) atoms. The molecule has 0 aliphatic rings. The summed E-state index contributed by atoms with van der Waals surface area (Å²) < 4.78 is 38.4. The van der Waals surface area contributed by atoms with E-state index >= 15 is 0 Å². The molecule has 0 aromatic carbocycles. The summed E-state index contributed by atoms with van der Waals surface area (Å²) in [5.74, 6) is 0.254. The highest BCUT2D eigenvalue weighted by Crippen LogP contribution is 2.25. The van der Waals surface area contributed by atoms with E-state index < -0.39 is 18.8 Å². The highest BCUT2D eigenvalue weighted by Gasteiger charge is 2.38. The zero-order chi connectivity index (χ0) is 15.8. The summed E-state index contributed by atoms with van der Waals surface area (Å²) in [5.41, 5.74) is 1.18. The molecule has 0 aliphatic carbocycles. The summed E-state index contributed by atoms with van der Waals surface area (Å²) in [6, 6.07) is 1.77. The maximum absolute atomic E-state index is 12.3. The summed E-state index contributed by atoms with van der Waals surface area (Å²) in [6.07, 6.45) is -4.04. The van der Waals surface area contributed by atoms with Crippen LogP contribution in [-0.4, -0.2) is 38.5 Å². The molecule has 0 saturated carbocycles. The van der Waals surface area contributed by atoms with E-state index in [-0.39, 0.29) is 11.2 Å². The van der Waals surface area contributed by atoms with Crippen LogP contribution in [-0.2, 0) is 5.41 Å². The number of anilines is 1. The monoisotopic (exact) mass is 302 g/mol. The summed E-state index contributed by atoms with van der Waals surface area (Å²) in [4.78, 5) is 4.01. The molecule has 2 rings (SSSR count). The molecule has 0 amide bonds. The lowest BCUT2D eigenvalue weighted by Gasteiger charge is -2.15. The van der Waals surface area contributed by atoms with Crippen molar-refractivity contribution in [2.75, 3.05) is 11.9 Å². The number of hydrogen-bond donors (Lipinski definition) is 2. The van der Waals surface area contributed by atoms with E-state index in [2.05, 4.69) is 15.4 Å². The van der Waals surface area contributed by atoms with Crippen LogP contribution in [0.25, 0.3) is 5.52 Å². The van der Waals surface area contributed by atoms with Crippen LogP contribution in [0.15, 0.2) is 18.5 Å². The first kappa shape index (κ1) is 15.6. The predicted octanol–water partition coefficient (Wildman–Crippen LogP) is 2.36. The maximum Gasteiger partial charge on any atom is 0.416 e. The van der Waals surface area contributed by atoms with Crippen molar-refractivity contribution in [3.63, 3.8) is 0 Å². The average Bonchev–Trinajstić information content (AvgIpc) is 2.78. The van der Waals surface area contributed by atoms with E-state index in [1.165, 1.54) is 6.20 Å². The van der Waals surface area contributed by atoms with Gasteiger partial charge in [0.15, 0.2) is 11.9 Å². The molecular formula is C13H17F3N4O. The molecule has 2 N–H and O–H groups in total. The van der Waals surface area contributed by atoms with Gasteiger partial charge in [-0.05, 0) is 6.07 Å². The first-order valence-electron chi connectivity index (χ1n) is 6.42. The fraction of sp³-hybridized carbons (Fsp3) is 0.538. The van der Waals surface area contributed by atoms with Gasteiger partial charge in [0.25, 0.3) is 0 Å². The molecule has 1 atom stereocenters. The van der Waals surface area contributed by atoms with Gasteiger partial charge >= 0.3 is 6.18 Å². The standard InChI is InChI=1S/C13H17F3N4O/c1-12(2,3)9-6-8-11(17-4-5-20(8)19-9)18-7-10(21)13(14,15)16/h4-6,10,21H,7H2,1-3H3,(H,17,18)/t10-/m1/s1. The van der Waals surface area contributed by atoms with Crippen LogP contribution in [0.1, 0.15) is 26.5 Å². The summed E-state index contributed by atoms with van der Waals surface area (Å²) in [7, 11) is 0. The van der Waals surface area contributed by atoms with Gasteiger partial charge in [-0.3, -0.25) is 0 Å². The quantitative estimate of drug-likeness (QED) is 0.913. The lowest BCUT2D eigenvalue weighted by atomic mass is 9.92. The van der Waals surface area contributed by atoms with Gasteiger partial charge in [0.2, 0.25) is 0 Å². The minimum Gasteiger partial charge on any atom is -0.382 e. The molecule has 2 aromatic rings. The summed E-state index contributed by atoms with van der Waals surface area (Å²) in [6.45, 7) is 5.31. The molecule has 0 saturated heterocycles. The lowest BCUT2D eigenvalue weighted by molar-refractivity contribution is -0.198. The highest BCUT2D eigenvalue weighted by molar-refractivity contribution is 5.68. The van der Waals surface area contributed by atoms with Crippen molar-refractivity contribution in [2.45, 2.75) is 38.5 Å². The summed E-state index contributed by atoms with van der Waals surface area (Å²) >= 11 is 0. The van der Waals surface area contributed by atoms with Gasteiger partial charge < -0.3 is 10.4 Å². The van der Waals surface area contributed by atoms with Crippen molar-refractivity contribution in [1.82, 2.24) is 14.6 Å². The van der Waals surface area contributed by atoms with Gasteiger partial charge in [0.1, 0.15) is 5.52 Å². The first-order chi connectivity index (χ1) is 9.59. The van der Waals surface area contributed by atoms with Crippen LogP contribution in [0.2, 0.25) is 0 Å². The van der Waals surface area contributed by atoms with Crippen molar-refractivity contribution in [3.05, 3.63) is 24.2 Å². The molecular weight excluding hydrogens is 285 g/mol. The van der Waals surface area contributed by atoms with Gasteiger partial charge in [0, 0.05) is 17.8 Å². The number of alkyl halides is 3. The average molecular weight is 302 g/mol. The Morgan fingerprint density at radius 3 is 2.57 bits per heavy atom. The van der Waals surface area contributed by atoms with Crippen molar-refractivity contribution in [3.8, 4) is 0 Å². The Labute approximate surface area is 119 Å². The van der Waals surface area contributed by atoms with Crippen LogP contribution in [0.3, 0.4) is 0 Å². The molecule has 2 heterocycles. The van der Waals surface area contributed by atoms with E-state index in [1.54, 1.807) is 16.8 Å². The second-order valence-corrected chi connectivity index (χ2v) is 5.82. The summed E-state index contributed by atoms with van der Waals surface area (Å²) in [5, 5.41) is 15.9. The number of aromatic nitrogens is 3. The Morgan fingerprint density at radius 1 is 1.33 bits per heavy atom. The van der Waals surface area contributed by atoms with Crippen LogP contribution in [0.4, 0.5) is 19.0 Å². The van der Waals surface area contributed by atoms with Crippen molar-refractivity contribution < 1.29 is 18.3 Å². The molecule has 5 nitrogen and oxygen atoms in total. The number of halogens is 3. The Bertz CT molecular complexity index is 630. The Kier molecular flexibility index (Phi) is 3.83. The van der Waals surface area contributed by atoms with E-state index in [0.29, 0.717) is 5.52 Å². The van der Waals surface area contributed by atoms with Crippen molar-refractivity contribution in [1.29, 1.82) is 0 Å². The second kappa shape index (κ2) is 5.18. The molecule has 0 aliphatic heterocycles. The lowest BCUT2D eigenvalue weighted by Crippen LogP contribution is -2.35. The van der Waals surface area contributed by atoms with Crippen LogP contribution >= 0.6 is 0 Å². The second-order valence-electron chi connectivity index (χ2n) is 5.82. The Hall–Kier alpha value is -1.83. The van der Waals surface area contributed by atoms with Crippen molar-refractivity contribution in [2.24, 2.45) is 0 Å². The Morgan fingerprint density at radius 2 is 2.00 bits per heavy atom. The van der Waals surface area contributed by atoms with E-state index in [1.807, 2.05) is 20.8 Å². The normalized spacial score (nSPS) is 14.4. The molecule has 116 valence electrons. The SMILES string of the molecule is CC(C)(C)c1cc2c(NC[C@@H](O)C(F)(F)F)nccn2n1. The van der Waals surface area contributed by atoms with E-state index in [9.17, 15) is 13.2 Å². The fourth-order valence-corrected chi connectivity index (χ4v) is 1.73. The number of aliphatic hydroxyl groups excluding tert-OH is 1. The Balaban J connectivity index is 2.26. The molecule has 2 aromatic heterocycles. The third-order valence-electron chi connectivity index (χ3n) is 3.00. The molecule has 0 fully saturated rings. The molecule has 0 spiro atoms. The molecule has 8 heteroatoms. The number of nitrogens with zero attached hydrogens (tertiary/aromatic N) is 3. The van der Waals surface area contributed by atoms with Gasteiger partial charge in [-0.2, -0.15) is 18.3 Å². The minimum atomic E-state index is -4.66. The molecule has 0 unspecified atom stereocenters. The number of hydrogen-bond acceptors (Lipinski definition) is 4. The number of fused-ring (bicyclic) bond motifs is 1. The van der Waals surface area contributed by atoms with Gasteiger partial charge in [0.05, 0.1) is 12.2 Å². The van der Waals surface area contributed by atoms with Crippen LogP contribution < -0.4 is 5.32 Å². The molecule has 0 bridgehead atoms. The number of aliphatic hydroxyl groups is 1. The maximum atomic E-state index is 12.3. The first-order valence-corrected chi connectivity index (χ1v) is 6.42. The van der Waals surface area contributed by atoms with Gasteiger partial charge in [-0.15, -0.1) is 0 Å². The van der Waals surface area contributed by atoms with Gasteiger partial charge in [-0.1, -0.05) is 20.8 Å². The highest BCUT2D eigenvalue weighted by atomic mass is 19.4. The topological polar surface area (TPSA) is 62.5 Å². The zero-order valence-electron chi connectivity index (χ0n) is 11.9. The largest absolute Gasteiger partial charge is 0.416 e. The predicted molar refractivity (Wildman–Crippen MR) is 72.2 cm³/mol. The smallest absolute Gasteiger partial charge is 0.382 e. The fourth-order valence-electron chi connectivity index (χ4n) is 1.73. The number of nitrogens with one attached hydrogen (secondary N) is 1. The number of rotatable bonds is 3. The van der Waals surface area contributed by atoms with E-state index in [4.69, 9.17) is 5.11 Å². The third-order valence-corrected chi connectivity index (χ3v) is 3.00. The molecule has 0 radical (unpaired) electrons. The minimum absolute atomic E-state index is 0.186. The van der Waals surface area contributed by atoms with Crippen LogP contribution in [0.5, 0.6) is 0 Å². The van der Waals surface area contributed by atoms with Gasteiger partial charge in [-0.25, -0.2) is 9.50 Å². The third kappa shape index (κ3) is 3.44. The van der Waals surface area contributed by atoms with Crippen LogP contribution in [0, 0.1) is 0 Å². The zero-order valence-corrected chi connectivity index (χ0v) is 11.9. The van der Waals surface area contributed by atoms with E-state index in [0.717, 1.165) is 5.69 Å². The van der Waals surface area contributed by atoms with Crippen molar-refractivity contribution >= 4 is 11.3 Å².